The van der Waals surface area contributed by atoms with Crippen molar-refractivity contribution in [1.82, 2.24) is 9.97 Å². The van der Waals surface area contributed by atoms with Crippen molar-refractivity contribution in [3.05, 3.63) is 15.9 Å². The normalized spacial score (nSPS) is 11.8. The minimum absolute atomic E-state index is 0.513. The summed E-state index contributed by atoms with van der Waals surface area (Å²) in [5.41, 5.74) is 3.63. The number of nitrogens with two attached hydrogens (primary N) is 1. The molecule has 2 N–H and O–H groups in total. The molecule has 13 heavy (non-hydrogen) atoms. The Hall–Kier alpha value is -0.750. The number of hydrogen-bond acceptors (Lipinski definition) is 3. The lowest BCUT2D eigenvalue weighted by Gasteiger charge is -2.08. The highest BCUT2D eigenvalue weighted by atomic mass is 35.5. The summed E-state index contributed by atoms with van der Waals surface area (Å²) in [6.45, 7) is 0. The van der Waals surface area contributed by atoms with Crippen molar-refractivity contribution in [2.45, 2.75) is 6.18 Å². The summed E-state index contributed by atoms with van der Waals surface area (Å²) in [6.07, 6.45) is -4.68. The molecule has 0 fully saturated rings. The average Bonchev–Trinajstić information content (AvgIpc) is 1.94. The van der Waals surface area contributed by atoms with Gasteiger partial charge < -0.3 is 5.73 Å². The average molecular weight is 232 g/mol. The topological polar surface area (TPSA) is 51.8 Å². The minimum atomic E-state index is -4.68. The number of hydrogen-bond donors (Lipinski definition) is 1. The fraction of sp³-hybridized carbons (Fsp3) is 0.200. The van der Waals surface area contributed by atoms with E-state index in [1.807, 2.05) is 0 Å². The molecule has 0 atom stereocenters. The molecule has 0 unspecified atom stereocenters. The van der Waals surface area contributed by atoms with Gasteiger partial charge in [0, 0.05) is 0 Å². The van der Waals surface area contributed by atoms with E-state index in [2.05, 4.69) is 9.97 Å². The number of nitrogens with zero attached hydrogens (tertiary/aromatic N) is 2. The molecule has 0 bridgehead atoms. The van der Waals surface area contributed by atoms with E-state index in [0.717, 1.165) is 0 Å². The Balaban J connectivity index is 3.37. The quantitative estimate of drug-likeness (QED) is 0.698. The number of aromatic nitrogens is 2. The van der Waals surface area contributed by atoms with Crippen LogP contribution in [0.1, 0.15) is 5.69 Å². The first kappa shape index (κ1) is 10.3. The molecule has 72 valence electrons. The fourth-order valence-corrected chi connectivity index (χ4v) is 0.992. The van der Waals surface area contributed by atoms with E-state index in [0.29, 0.717) is 0 Å². The molecule has 1 rings (SSSR count). The van der Waals surface area contributed by atoms with Gasteiger partial charge in [0.25, 0.3) is 0 Å². The van der Waals surface area contributed by atoms with Crippen molar-refractivity contribution in [1.29, 1.82) is 0 Å². The molecule has 1 heterocycles. The summed E-state index contributed by atoms with van der Waals surface area (Å²) in [5.74, 6) is -0.568. The van der Waals surface area contributed by atoms with E-state index in [4.69, 9.17) is 28.9 Å². The highest BCUT2D eigenvalue weighted by molar-refractivity contribution is 6.41. The molecule has 8 heteroatoms. The molecule has 1 aromatic heterocycles. The molecule has 0 spiro atoms. The van der Waals surface area contributed by atoms with Crippen molar-refractivity contribution >= 4 is 29.2 Å². The lowest BCUT2D eigenvalue weighted by molar-refractivity contribution is -0.141. The SMILES string of the molecule is Nc1nc(Cl)c(Cl)c(C(F)(F)F)n1. The van der Waals surface area contributed by atoms with Crippen LogP contribution in [-0.4, -0.2) is 9.97 Å². The molecule has 0 aliphatic rings. The van der Waals surface area contributed by atoms with Gasteiger partial charge in [-0.1, -0.05) is 23.2 Å². The van der Waals surface area contributed by atoms with Gasteiger partial charge in [0.2, 0.25) is 5.95 Å². The Bertz CT molecular complexity index is 339. The third-order valence-corrected chi connectivity index (χ3v) is 1.82. The van der Waals surface area contributed by atoms with Gasteiger partial charge in [-0.3, -0.25) is 0 Å². The number of alkyl halides is 3. The maximum Gasteiger partial charge on any atom is 0.435 e. The summed E-state index contributed by atoms with van der Waals surface area (Å²) in [7, 11) is 0. The van der Waals surface area contributed by atoms with Gasteiger partial charge >= 0.3 is 6.18 Å². The Kier molecular flexibility index (Phi) is 2.53. The van der Waals surface area contributed by atoms with Crippen LogP contribution in [0.4, 0.5) is 19.1 Å². The van der Waals surface area contributed by atoms with Crippen LogP contribution in [0, 0.1) is 0 Å². The minimum Gasteiger partial charge on any atom is -0.368 e. The lowest BCUT2D eigenvalue weighted by atomic mass is 10.4. The third kappa shape index (κ3) is 2.13. The summed E-state index contributed by atoms with van der Waals surface area (Å²) < 4.78 is 36.4. The summed E-state index contributed by atoms with van der Waals surface area (Å²) in [5, 5.41) is -1.26. The first-order valence-corrected chi connectivity index (χ1v) is 3.63. The monoisotopic (exact) mass is 231 g/mol. The van der Waals surface area contributed by atoms with Crippen LogP contribution in [0.3, 0.4) is 0 Å². The fourth-order valence-electron chi connectivity index (χ4n) is 0.624. The van der Waals surface area contributed by atoms with Gasteiger partial charge in [0.05, 0.1) is 0 Å². The van der Waals surface area contributed by atoms with Crippen LogP contribution in [0.25, 0.3) is 0 Å². The van der Waals surface area contributed by atoms with Crippen molar-refractivity contribution < 1.29 is 13.2 Å². The van der Waals surface area contributed by atoms with Crippen LogP contribution in [0.5, 0.6) is 0 Å². The number of rotatable bonds is 0. The molecule has 0 saturated carbocycles. The first-order valence-electron chi connectivity index (χ1n) is 2.88. The van der Waals surface area contributed by atoms with Gasteiger partial charge in [0.15, 0.2) is 10.8 Å². The maximum atomic E-state index is 12.1. The molecule has 1 aromatic rings. The third-order valence-electron chi connectivity index (χ3n) is 1.10. The number of nitrogen functional groups attached to an aromatic ring is 1. The molecule has 3 nitrogen and oxygen atoms in total. The second kappa shape index (κ2) is 3.19. The molecule has 0 saturated heterocycles. The van der Waals surface area contributed by atoms with Crippen LogP contribution in [0.2, 0.25) is 10.2 Å². The van der Waals surface area contributed by atoms with Crippen molar-refractivity contribution in [3.63, 3.8) is 0 Å². The molecule has 0 aliphatic heterocycles. The number of anilines is 1. The van der Waals surface area contributed by atoms with E-state index in [9.17, 15) is 13.2 Å². The van der Waals surface area contributed by atoms with Crippen LogP contribution >= 0.6 is 23.2 Å². The van der Waals surface area contributed by atoms with Crippen LogP contribution in [-0.2, 0) is 6.18 Å². The number of halogens is 5. The highest BCUT2D eigenvalue weighted by Crippen LogP contribution is 2.36. The predicted octanol–water partition coefficient (Wildman–Crippen LogP) is 2.38. The molecule has 0 aliphatic carbocycles. The summed E-state index contributed by atoms with van der Waals surface area (Å²) >= 11 is 10.5. The Morgan fingerprint density at radius 2 is 1.69 bits per heavy atom. The van der Waals surface area contributed by atoms with Crippen molar-refractivity contribution in [3.8, 4) is 0 Å². The van der Waals surface area contributed by atoms with E-state index in [-0.39, 0.29) is 0 Å². The van der Waals surface area contributed by atoms with E-state index < -0.39 is 28.0 Å². The van der Waals surface area contributed by atoms with Gasteiger partial charge in [-0.2, -0.15) is 18.2 Å². The lowest BCUT2D eigenvalue weighted by Crippen LogP contribution is -2.12. The molecular formula is C5H2Cl2F3N3. The smallest absolute Gasteiger partial charge is 0.368 e. The zero-order valence-corrected chi connectivity index (χ0v) is 7.37. The Morgan fingerprint density at radius 1 is 1.15 bits per heavy atom. The Morgan fingerprint density at radius 3 is 2.15 bits per heavy atom. The van der Waals surface area contributed by atoms with Crippen LogP contribution < -0.4 is 5.73 Å². The maximum absolute atomic E-state index is 12.1. The molecule has 0 aromatic carbocycles. The summed E-state index contributed by atoms with van der Waals surface area (Å²) in [4.78, 5) is 6.18. The predicted molar refractivity (Wildman–Crippen MR) is 41.5 cm³/mol. The first-order chi connectivity index (χ1) is 5.82. The summed E-state index contributed by atoms with van der Waals surface area (Å²) in [6, 6.07) is 0. The zero-order chi connectivity index (χ0) is 10.2. The van der Waals surface area contributed by atoms with Crippen molar-refractivity contribution in [2.24, 2.45) is 0 Å². The highest BCUT2D eigenvalue weighted by Gasteiger charge is 2.36. The zero-order valence-electron chi connectivity index (χ0n) is 5.86. The standard InChI is InChI=1S/C5H2Cl2F3N3/c6-1-2(5(8,9)10)12-4(11)13-3(1)7/h(H2,11,12,13). The van der Waals surface area contributed by atoms with Gasteiger partial charge in [-0.15, -0.1) is 0 Å². The largest absolute Gasteiger partial charge is 0.435 e. The van der Waals surface area contributed by atoms with Gasteiger partial charge in [-0.25, -0.2) is 4.98 Å². The Labute approximate surface area is 80.7 Å². The second-order valence-electron chi connectivity index (χ2n) is 2.03. The van der Waals surface area contributed by atoms with Crippen LogP contribution in [0.15, 0.2) is 0 Å². The van der Waals surface area contributed by atoms with Gasteiger partial charge in [0.1, 0.15) is 5.02 Å². The van der Waals surface area contributed by atoms with E-state index >= 15 is 0 Å². The van der Waals surface area contributed by atoms with E-state index in [1.54, 1.807) is 0 Å². The molecule has 0 radical (unpaired) electrons. The molecule has 0 amide bonds. The van der Waals surface area contributed by atoms with E-state index in [1.165, 1.54) is 0 Å². The van der Waals surface area contributed by atoms with Crippen molar-refractivity contribution in [2.75, 3.05) is 5.73 Å². The molecular weight excluding hydrogens is 230 g/mol. The van der Waals surface area contributed by atoms with Gasteiger partial charge in [-0.05, 0) is 0 Å². The second-order valence-corrected chi connectivity index (χ2v) is 2.77.